The first-order valence-corrected chi connectivity index (χ1v) is 7.50. The zero-order valence-electron chi connectivity index (χ0n) is 11.6. The van der Waals surface area contributed by atoms with Crippen LogP contribution >= 0.6 is 11.6 Å². The number of para-hydroxylation sites is 1. The number of imidazole rings is 1. The second kappa shape index (κ2) is 6.44. The average molecular weight is 306 g/mol. The Morgan fingerprint density at radius 3 is 3.05 bits per heavy atom. The van der Waals surface area contributed by atoms with Crippen molar-refractivity contribution in [2.75, 3.05) is 25.7 Å². The van der Waals surface area contributed by atoms with Crippen LogP contribution in [0.2, 0.25) is 0 Å². The van der Waals surface area contributed by atoms with Crippen molar-refractivity contribution in [3.8, 4) is 6.07 Å². The number of rotatable bonds is 4. The number of hydrogen-bond acceptors (Lipinski definition) is 4. The van der Waals surface area contributed by atoms with Crippen LogP contribution in [0.4, 0.5) is 0 Å². The van der Waals surface area contributed by atoms with Gasteiger partial charge in [-0.25, -0.2) is 4.98 Å². The van der Waals surface area contributed by atoms with E-state index in [1.54, 1.807) is 6.07 Å². The van der Waals surface area contributed by atoms with Crippen molar-refractivity contribution in [3.05, 3.63) is 29.6 Å². The molecule has 1 aliphatic rings. The largest absolute Gasteiger partial charge is 0.376 e. The van der Waals surface area contributed by atoms with Gasteiger partial charge in [-0.05, 0) is 12.1 Å². The van der Waals surface area contributed by atoms with Crippen LogP contribution < -0.4 is 0 Å². The molecule has 2 heterocycles. The number of nitrogens with zero attached hydrogens (tertiary/aromatic N) is 3. The highest BCUT2D eigenvalue weighted by atomic mass is 35.5. The molecule has 3 rings (SSSR count). The SMILES string of the molecule is N#Cc1cccc2c1nc(CCCl)n2CC1COCCO1. The van der Waals surface area contributed by atoms with Crippen molar-refractivity contribution in [1.29, 1.82) is 5.26 Å². The molecule has 0 saturated carbocycles. The smallest absolute Gasteiger partial charge is 0.111 e. The van der Waals surface area contributed by atoms with Gasteiger partial charge in [-0.1, -0.05) is 6.07 Å². The fourth-order valence-electron chi connectivity index (χ4n) is 2.61. The third-order valence-electron chi connectivity index (χ3n) is 3.57. The molecule has 1 saturated heterocycles. The van der Waals surface area contributed by atoms with Crippen LogP contribution in [-0.2, 0) is 22.4 Å². The Labute approximate surface area is 128 Å². The highest BCUT2D eigenvalue weighted by molar-refractivity contribution is 6.17. The molecule has 0 bridgehead atoms. The van der Waals surface area contributed by atoms with Crippen LogP contribution in [0, 0.1) is 11.3 Å². The summed E-state index contributed by atoms with van der Waals surface area (Å²) in [4.78, 5) is 4.60. The molecule has 5 nitrogen and oxygen atoms in total. The van der Waals surface area contributed by atoms with Gasteiger partial charge < -0.3 is 14.0 Å². The Morgan fingerprint density at radius 2 is 2.33 bits per heavy atom. The fourth-order valence-corrected chi connectivity index (χ4v) is 2.78. The van der Waals surface area contributed by atoms with E-state index in [1.165, 1.54) is 0 Å². The maximum atomic E-state index is 9.22. The topological polar surface area (TPSA) is 60.1 Å². The number of nitriles is 1. The number of hydrogen-bond donors (Lipinski definition) is 0. The van der Waals surface area contributed by atoms with Gasteiger partial charge >= 0.3 is 0 Å². The minimum atomic E-state index is 0.0102. The number of aryl methyl sites for hydroxylation is 1. The molecule has 1 aromatic carbocycles. The molecule has 6 heteroatoms. The van der Waals surface area contributed by atoms with E-state index < -0.39 is 0 Å². The van der Waals surface area contributed by atoms with E-state index in [-0.39, 0.29) is 6.10 Å². The molecule has 2 aromatic rings. The standard InChI is InChI=1S/C15H16ClN3O2/c16-5-4-14-18-15-11(8-17)2-1-3-13(15)19(14)9-12-10-20-6-7-21-12/h1-3,12H,4-7,9-10H2. The lowest BCUT2D eigenvalue weighted by atomic mass is 10.2. The molecule has 0 aliphatic carbocycles. The average Bonchev–Trinajstić information content (AvgIpc) is 2.87. The molecule has 21 heavy (non-hydrogen) atoms. The predicted molar refractivity (Wildman–Crippen MR) is 79.4 cm³/mol. The Morgan fingerprint density at radius 1 is 1.43 bits per heavy atom. The lowest BCUT2D eigenvalue weighted by Crippen LogP contribution is -2.32. The van der Waals surface area contributed by atoms with E-state index in [4.69, 9.17) is 21.1 Å². The van der Waals surface area contributed by atoms with Gasteiger partial charge in [0.2, 0.25) is 0 Å². The lowest BCUT2D eigenvalue weighted by molar-refractivity contribution is -0.0934. The first-order chi connectivity index (χ1) is 10.3. The van der Waals surface area contributed by atoms with Gasteiger partial charge in [0.25, 0.3) is 0 Å². The van der Waals surface area contributed by atoms with Gasteiger partial charge in [0.05, 0.1) is 43.5 Å². The summed E-state index contributed by atoms with van der Waals surface area (Å²) in [7, 11) is 0. The molecule has 1 unspecified atom stereocenters. The summed E-state index contributed by atoms with van der Waals surface area (Å²) in [5.41, 5.74) is 2.27. The lowest BCUT2D eigenvalue weighted by Gasteiger charge is -2.24. The second-order valence-corrected chi connectivity index (χ2v) is 5.31. The number of alkyl halides is 1. The molecule has 1 aromatic heterocycles. The van der Waals surface area contributed by atoms with Gasteiger partial charge in [-0.2, -0.15) is 5.26 Å². The maximum absolute atomic E-state index is 9.22. The van der Waals surface area contributed by atoms with Crippen molar-refractivity contribution >= 4 is 22.6 Å². The molecule has 1 aliphatic heterocycles. The summed E-state index contributed by atoms with van der Waals surface area (Å²) < 4.78 is 13.3. The summed E-state index contributed by atoms with van der Waals surface area (Å²) in [6, 6.07) is 7.83. The third kappa shape index (κ3) is 2.88. The minimum Gasteiger partial charge on any atom is -0.376 e. The van der Waals surface area contributed by atoms with Gasteiger partial charge in [0.1, 0.15) is 17.4 Å². The molecule has 1 atom stereocenters. The molecule has 1 fully saturated rings. The van der Waals surface area contributed by atoms with E-state index in [2.05, 4.69) is 15.6 Å². The van der Waals surface area contributed by atoms with Crippen LogP contribution in [0.3, 0.4) is 0 Å². The Bertz CT molecular complexity index is 671. The highest BCUT2D eigenvalue weighted by Gasteiger charge is 2.19. The van der Waals surface area contributed by atoms with Gasteiger partial charge in [0.15, 0.2) is 0 Å². The number of aromatic nitrogens is 2. The van der Waals surface area contributed by atoms with Crippen LogP contribution in [0.15, 0.2) is 18.2 Å². The van der Waals surface area contributed by atoms with Crippen LogP contribution in [0.5, 0.6) is 0 Å². The number of benzene rings is 1. The van der Waals surface area contributed by atoms with Gasteiger partial charge in [-0.15, -0.1) is 11.6 Å². The Hall–Kier alpha value is -1.61. The molecule has 110 valence electrons. The third-order valence-corrected chi connectivity index (χ3v) is 3.76. The van der Waals surface area contributed by atoms with Crippen LogP contribution in [0.1, 0.15) is 11.4 Å². The van der Waals surface area contributed by atoms with Crippen molar-refractivity contribution < 1.29 is 9.47 Å². The van der Waals surface area contributed by atoms with Crippen molar-refractivity contribution in [2.45, 2.75) is 19.1 Å². The molecule has 0 N–H and O–H groups in total. The van der Waals surface area contributed by atoms with E-state index in [1.807, 2.05) is 12.1 Å². The van der Waals surface area contributed by atoms with Crippen molar-refractivity contribution in [3.63, 3.8) is 0 Å². The molecule has 0 amide bonds. The minimum absolute atomic E-state index is 0.0102. The summed E-state index contributed by atoms with van der Waals surface area (Å²) in [6.07, 6.45) is 0.672. The Balaban J connectivity index is 2.01. The van der Waals surface area contributed by atoms with E-state index >= 15 is 0 Å². The maximum Gasteiger partial charge on any atom is 0.111 e. The number of ether oxygens (including phenoxy) is 2. The summed E-state index contributed by atoms with van der Waals surface area (Å²) >= 11 is 5.88. The molecular formula is C15H16ClN3O2. The van der Waals surface area contributed by atoms with Gasteiger partial charge in [0, 0.05) is 12.3 Å². The van der Waals surface area contributed by atoms with Crippen LogP contribution in [-0.4, -0.2) is 41.4 Å². The number of fused-ring (bicyclic) bond motifs is 1. The van der Waals surface area contributed by atoms with Crippen molar-refractivity contribution in [1.82, 2.24) is 9.55 Å². The molecule has 0 spiro atoms. The molecule has 0 radical (unpaired) electrons. The zero-order chi connectivity index (χ0) is 14.7. The first-order valence-electron chi connectivity index (χ1n) is 6.97. The van der Waals surface area contributed by atoms with E-state index in [0.29, 0.717) is 44.2 Å². The number of halogens is 1. The fraction of sp³-hybridized carbons (Fsp3) is 0.467. The second-order valence-electron chi connectivity index (χ2n) is 4.93. The predicted octanol–water partition coefficient (Wildman–Crippen LogP) is 2.10. The monoisotopic (exact) mass is 305 g/mol. The summed E-state index contributed by atoms with van der Waals surface area (Å²) in [5.74, 6) is 1.38. The Kier molecular flexibility index (Phi) is 4.39. The van der Waals surface area contributed by atoms with E-state index in [9.17, 15) is 5.26 Å². The first kappa shape index (κ1) is 14.3. The normalized spacial score (nSPS) is 18.8. The molecular weight excluding hydrogens is 290 g/mol. The van der Waals surface area contributed by atoms with Crippen LogP contribution in [0.25, 0.3) is 11.0 Å². The summed E-state index contributed by atoms with van der Waals surface area (Å²) in [6.45, 7) is 2.51. The quantitative estimate of drug-likeness (QED) is 0.812. The summed E-state index contributed by atoms with van der Waals surface area (Å²) in [5, 5.41) is 9.22. The van der Waals surface area contributed by atoms with E-state index in [0.717, 1.165) is 16.9 Å². The van der Waals surface area contributed by atoms with Crippen molar-refractivity contribution in [2.24, 2.45) is 0 Å². The van der Waals surface area contributed by atoms with Gasteiger partial charge in [-0.3, -0.25) is 0 Å². The highest BCUT2D eigenvalue weighted by Crippen LogP contribution is 2.21. The zero-order valence-corrected chi connectivity index (χ0v) is 12.3.